The van der Waals surface area contributed by atoms with Crippen LogP contribution in [-0.2, 0) is 6.54 Å². The van der Waals surface area contributed by atoms with Gasteiger partial charge in [0, 0.05) is 26.3 Å². The van der Waals surface area contributed by atoms with Crippen LogP contribution in [0.4, 0.5) is 5.82 Å². The highest BCUT2D eigenvalue weighted by Gasteiger charge is 2.17. The fourth-order valence-corrected chi connectivity index (χ4v) is 2.05. The molecule has 0 radical (unpaired) electrons. The Bertz CT molecular complexity index is 385. The Morgan fingerprint density at radius 3 is 2.61 bits per heavy atom. The molecule has 0 amide bonds. The highest BCUT2D eigenvalue weighted by Crippen LogP contribution is 2.18. The molecule has 0 spiro atoms. The second-order valence-corrected chi connectivity index (χ2v) is 5.43. The van der Waals surface area contributed by atoms with E-state index in [0.29, 0.717) is 6.54 Å². The largest absolute Gasteiger partial charge is 0.389 e. The zero-order valence-corrected chi connectivity index (χ0v) is 12.1. The number of nitrogens with one attached hydrogen (secondary N) is 1. The number of aryl methyl sites for hydroxylation is 1. The van der Waals surface area contributed by atoms with Gasteiger partial charge in [-0.05, 0) is 44.5 Å². The maximum atomic E-state index is 9.83. The molecular weight excluding hydrogens is 226 g/mol. The number of pyridine rings is 1. The Morgan fingerprint density at radius 1 is 1.44 bits per heavy atom. The van der Waals surface area contributed by atoms with Crippen LogP contribution in [0.25, 0.3) is 0 Å². The molecule has 0 unspecified atom stereocenters. The van der Waals surface area contributed by atoms with Gasteiger partial charge in [-0.25, -0.2) is 4.98 Å². The van der Waals surface area contributed by atoms with Crippen molar-refractivity contribution in [2.75, 3.05) is 25.0 Å². The summed E-state index contributed by atoms with van der Waals surface area (Å²) in [5, 5.41) is 13.1. The highest BCUT2D eigenvalue weighted by atomic mass is 16.3. The van der Waals surface area contributed by atoms with Crippen molar-refractivity contribution in [2.24, 2.45) is 0 Å². The normalized spacial score (nSPS) is 11.7. The quantitative estimate of drug-likeness (QED) is 0.808. The van der Waals surface area contributed by atoms with Gasteiger partial charge in [0.05, 0.1) is 5.60 Å². The first-order chi connectivity index (χ1) is 8.33. The summed E-state index contributed by atoms with van der Waals surface area (Å²) in [4.78, 5) is 6.48. The summed E-state index contributed by atoms with van der Waals surface area (Å²) in [6.45, 7) is 10.1. The van der Waals surface area contributed by atoms with Crippen LogP contribution >= 0.6 is 0 Å². The van der Waals surface area contributed by atoms with Gasteiger partial charge >= 0.3 is 0 Å². The molecule has 0 saturated carbocycles. The minimum absolute atomic E-state index is 0.563. The van der Waals surface area contributed by atoms with Gasteiger partial charge in [0.1, 0.15) is 5.82 Å². The lowest BCUT2D eigenvalue weighted by Crippen LogP contribution is -2.37. The van der Waals surface area contributed by atoms with Crippen LogP contribution in [0.1, 0.15) is 31.9 Å². The molecule has 0 aliphatic rings. The van der Waals surface area contributed by atoms with E-state index in [-0.39, 0.29) is 0 Å². The van der Waals surface area contributed by atoms with Crippen LogP contribution in [0.3, 0.4) is 0 Å². The molecule has 0 atom stereocenters. The van der Waals surface area contributed by atoms with Crippen molar-refractivity contribution in [3.63, 3.8) is 0 Å². The van der Waals surface area contributed by atoms with E-state index in [9.17, 15) is 5.11 Å². The molecule has 0 saturated heterocycles. The molecule has 0 fully saturated rings. The van der Waals surface area contributed by atoms with Crippen LogP contribution in [0.2, 0.25) is 0 Å². The van der Waals surface area contributed by atoms with Crippen molar-refractivity contribution in [1.29, 1.82) is 0 Å². The Kier molecular flexibility index (Phi) is 5.11. The van der Waals surface area contributed by atoms with Gasteiger partial charge in [-0.1, -0.05) is 6.92 Å². The second-order valence-electron chi connectivity index (χ2n) is 5.43. The van der Waals surface area contributed by atoms with E-state index in [2.05, 4.69) is 30.2 Å². The first-order valence-corrected chi connectivity index (χ1v) is 6.43. The van der Waals surface area contributed by atoms with E-state index < -0.39 is 5.60 Å². The first-order valence-electron chi connectivity index (χ1n) is 6.43. The summed E-state index contributed by atoms with van der Waals surface area (Å²) in [6.07, 6.45) is 1.89. The number of likely N-dealkylation sites (N-methyl/N-ethyl adjacent to an activating group) is 1. The number of rotatable bonds is 6. The number of hydrogen-bond acceptors (Lipinski definition) is 4. The van der Waals surface area contributed by atoms with Crippen molar-refractivity contribution in [3.05, 3.63) is 23.4 Å². The summed E-state index contributed by atoms with van der Waals surface area (Å²) in [6, 6.07) is 2.14. The number of aromatic nitrogens is 1. The van der Waals surface area contributed by atoms with Crippen molar-refractivity contribution < 1.29 is 5.11 Å². The average Bonchev–Trinajstić information content (AvgIpc) is 2.23. The van der Waals surface area contributed by atoms with E-state index >= 15 is 0 Å². The van der Waals surface area contributed by atoms with Crippen LogP contribution < -0.4 is 10.2 Å². The van der Waals surface area contributed by atoms with Gasteiger partial charge < -0.3 is 15.3 Å². The molecule has 1 aromatic rings. The molecule has 1 aromatic heterocycles. The molecule has 1 rings (SSSR count). The zero-order chi connectivity index (χ0) is 13.8. The monoisotopic (exact) mass is 251 g/mol. The summed E-state index contributed by atoms with van der Waals surface area (Å²) >= 11 is 0. The maximum Gasteiger partial charge on any atom is 0.131 e. The minimum atomic E-state index is -0.717. The topological polar surface area (TPSA) is 48.4 Å². The number of anilines is 1. The van der Waals surface area contributed by atoms with Crippen molar-refractivity contribution in [1.82, 2.24) is 10.3 Å². The highest BCUT2D eigenvalue weighted by molar-refractivity contribution is 5.47. The van der Waals surface area contributed by atoms with E-state index in [1.807, 2.05) is 18.1 Å². The molecule has 18 heavy (non-hydrogen) atoms. The van der Waals surface area contributed by atoms with Crippen molar-refractivity contribution in [3.8, 4) is 0 Å². The average molecular weight is 251 g/mol. The first kappa shape index (κ1) is 14.9. The number of aliphatic hydroxyl groups is 1. The summed E-state index contributed by atoms with van der Waals surface area (Å²) < 4.78 is 0. The summed E-state index contributed by atoms with van der Waals surface area (Å²) in [7, 11) is 1.96. The standard InChI is InChI=1S/C14H25N3O/c1-6-15-8-12-7-11(2)13(16-9-12)17(5)10-14(3,4)18/h7,9,15,18H,6,8,10H2,1-5H3. The number of hydrogen-bond donors (Lipinski definition) is 2. The van der Waals surface area contributed by atoms with Gasteiger partial charge in [0.25, 0.3) is 0 Å². The van der Waals surface area contributed by atoms with Crippen LogP contribution in [0.5, 0.6) is 0 Å². The van der Waals surface area contributed by atoms with Gasteiger partial charge in [-0.2, -0.15) is 0 Å². The Labute approximate surface area is 110 Å². The molecule has 1 heterocycles. The predicted molar refractivity (Wildman–Crippen MR) is 75.9 cm³/mol. The lowest BCUT2D eigenvalue weighted by atomic mass is 10.1. The van der Waals surface area contributed by atoms with Crippen molar-refractivity contribution >= 4 is 5.82 Å². The second kappa shape index (κ2) is 6.16. The lowest BCUT2D eigenvalue weighted by molar-refractivity contribution is 0.0884. The van der Waals surface area contributed by atoms with Crippen LogP contribution in [0.15, 0.2) is 12.3 Å². The minimum Gasteiger partial charge on any atom is -0.389 e. The third-order valence-electron chi connectivity index (χ3n) is 2.67. The Hall–Kier alpha value is -1.13. The predicted octanol–water partition coefficient (Wildman–Crippen LogP) is 1.71. The molecule has 0 bridgehead atoms. The van der Waals surface area contributed by atoms with Crippen LogP contribution in [0, 0.1) is 6.92 Å². The molecule has 0 aromatic carbocycles. The third-order valence-corrected chi connectivity index (χ3v) is 2.67. The van der Waals surface area contributed by atoms with Gasteiger partial charge in [0.15, 0.2) is 0 Å². The lowest BCUT2D eigenvalue weighted by Gasteiger charge is -2.27. The maximum absolute atomic E-state index is 9.83. The summed E-state index contributed by atoms with van der Waals surface area (Å²) in [5.41, 5.74) is 1.61. The fraction of sp³-hybridized carbons (Fsp3) is 0.643. The molecule has 0 aliphatic heterocycles. The van der Waals surface area contributed by atoms with E-state index in [4.69, 9.17) is 0 Å². The number of nitrogens with zero attached hydrogens (tertiary/aromatic N) is 2. The molecular formula is C14H25N3O. The van der Waals surface area contributed by atoms with E-state index in [1.165, 1.54) is 5.56 Å². The molecule has 102 valence electrons. The fourth-order valence-electron chi connectivity index (χ4n) is 2.05. The van der Waals surface area contributed by atoms with E-state index in [1.54, 1.807) is 13.8 Å². The Balaban J connectivity index is 2.78. The molecule has 4 nitrogen and oxygen atoms in total. The molecule has 4 heteroatoms. The third kappa shape index (κ3) is 4.63. The zero-order valence-electron chi connectivity index (χ0n) is 12.1. The smallest absolute Gasteiger partial charge is 0.131 e. The van der Waals surface area contributed by atoms with Crippen LogP contribution in [-0.4, -0.2) is 35.8 Å². The van der Waals surface area contributed by atoms with Gasteiger partial charge in [-0.15, -0.1) is 0 Å². The van der Waals surface area contributed by atoms with E-state index in [0.717, 1.165) is 24.5 Å². The molecule has 2 N–H and O–H groups in total. The molecule has 0 aliphatic carbocycles. The van der Waals surface area contributed by atoms with Crippen molar-refractivity contribution in [2.45, 2.75) is 39.8 Å². The SMILES string of the molecule is CCNCc1cnc(N(C)CC(C)(C)O)c(C)c1. The summed E-state index contributed by atoms with van der Waals surface area (Å²) in [5.74, 6) is 0.928. The Morgan fingerprint density at radius 2 is 2.11 bits per heavy atom. The van der Waals surface area contributed by atoms with Gasteiger partial charge in [0.2, 0.25) is 0 Å². The van der Waals surface area contributed by atoms with Gasteiger partial charge in [-0.3, -0.25) is 0 Å².